The van der Waals surface area contributed by atoms with E-state index in [1.807, 2.05) is 0 Å². The lowest BCUT2D eigenvalue weighted by atomic mass is 9.85. The predicted octanol–water partition coefficient (Wildman–Crippen LogP) is 0.688. The molecule has 1 fully saturated rings. The van der Waals surface area contributed by atoms with Gasteiger partial charge in [-0.05, 0) is 40.0 Å². The number of anilines is 2. The van der Waals surface area contributed by atoms with Crippen LogP contribution in [-0.4, -0.2) is 32.8 Å². The molecule has 0 bridgehead atoms. The van der Waals surface area contributed by atoms with Crippen LogP contribution < -0.4 is 27.6 Å². The number of carbonyl (C=O) groups excluding carboxylic acids is 2. The van der Waals surface area contributed by atoms with Crippen LogP contribution in [-0.2, 0) is 23.6 Å². The van der Waals surface area contributed by atoms with Crippen molar-refractivity contribution in [1.29, 1.82) is 0 Å². The minimum absolute atomic E-state index is 0.0966. The fraction of sp³-hybridized carbons (Fsp3) is 0.667. The molecular weight excluding hydrogens is 366 g/mol. The van der Waals surface area contributed by atoms with E-state index in [-0.39, 0.29) is 23.5 Å². The maximum atomic E-state index is 12.7. The minimum atomic E-state index is -0.659. The molecule has 0 spiro atoms. The molecular formula is C18H29N5O5. The highest BCUT2D eigenvalue weighted by molar-refractivity contribution is 5.94. The largest absolute Gasteiger partial charge is 0.444 e. The fourth-order valence-corrected chi connectivity index (χ4v) is 3.24. The summed E-state index contributed by atoms with van der Waals surface area (Å²) in [5, 5.41) is 5.36. The molecule has 1 aromatic heterocycles. The van der Waals surface area contributed by atoms with E-state index in [1.165, 1.54) is 14.1 Å². The van der Waals surface area contributed by atoms with Crippen LogP contribution in [0.1, 0.15) is 46.5 Å². The smallest absolute Gasteiger partial charge is 0.407 e. The van der Waals surface area contributed by atoms with E-state index < -0.39 is 28.9 Å². The third kappa shape index (κ3) is 4.93. The molecule has 2 unspecified atom stereocenters. The number of nitrogens with one attached hydrogen (secondary N) is 2. The first kappa shape index (κ1) is 21.5. The van der Waals surface area contributed by atoms with E-state index in [4.69, 9.17) is 10.5 Å². The van der Waals surface area contributed by atoms with Crippen LogP contribution >= 0.6 is 0 Å². The summed E-state index contributed by atoms with van der Waals surface area (Å²) in [5.74, 6) is -0.853. The third-order valence-electron chi connectivity index (χ3n) is 4.72. The molecule has 10 heteroatoms. The first-order chi connectivity index (χ1) is 12.9. The summed E-state index contributed by atoms with van der Waals surface area (Å²) in [6, 6.07) is -0.195. The van der Waals surface area contributed by atoms with E-state index >= 15 is 0 Å². The van der Waals surface area contributed by atoms with Gasteiger partial charge >= 0.3 is 11.8 Å². The van der Waals surface area contributed by atoms with Crippen molar-refractivity contribution >= 4 is 23.5 Å². The molecule has 28 heavy (non-hydrogen) atoms. The molecule has 4 N–H and O–H groups in total. The zero-order chi connectivity index (χ0) is 21.2. The van der Waals surface area contributed by atoms with Crippen LogP contribution in [0.5, 0.6) is 0 Å². The Morgan fingerprint density at radius 3 is 2.39 bits per heavy atom. The molecule has 1 aromatic rings. The topological polar surface area (TPSA) is 137 Å². The molecule has 2 atom stereocenters. The summed E-state index contributed by atoms with van der Waals surface area (Å²) in [5.41, 5.74) is 3.90. The molecule has 0 radical (unpaired) electrons. The van der Waals surface area contributed by atoms with Gasteiger partial charge in [0.05, 0.1) is 0 Å². The van der Waals surface area contributed by atoms with Crippen LogP contribution in [0.15, 0.2) is 9.59 Å². The Balaban J connectivity index is 2.08. The molecule has 1 saturated carbocycles. The normalized spacial score (nSPS) is 19.8. The first-order valence-corrected chi connectivity index (χ1v) is 9.26. The Morgan fingerprint density at radius 2 is 1.79 bits per heavy atom. The monoisotopic (exact) mass is 395 g/mol. The summed E-state index contributed by atoms with van der Waals surface area (Å²) in [6.45, 7) is 5.34. The second kappa shape index (κ2) is 8.07. The minimum Gasteiger partial charge on any atom is -0.444 e. The molecule has 1 aliphatic carbocycles. The van der Waals surface area contributed by atoms with Gasteiger partial charge in [-0.25, -0.2) is 9.59 Å². The molecule has 2 rings (SSSR count). The van der Waals surface area contributed by atoms with Crippen molar-refractivity contribution in [2.45, 2.75) is 58.1 Å². The zero-order valence-corrected chi connectivity index (χ0v) is 17.0. The third-order valence-corrected chi connectivity index (χ3v) is 4.72. The molecule has 0 aromatic carbocycles. The van der Waals surface area contributed by atoms with E-state index in [0.29, 0.717) is 12.8 Å². The number of nitrogens with two attached hydrogens (primary N) is 1. The lowest BCUT2D eigenvalue weighted by molar-refractivity contribution is -0.121. The van der Waals surface area contributed by atoms with Gasteiger partial charge in [-0.15, -0.1) is 0 Å². The number of ether oxygens (including phenoxy) is 1. The van der Waals surface area contributed by atoms with Crippen LogP contribution in [0.25, 0.3) is 0 Å². The van der Waals surface area contributed by atoms with Crippen molar-refractivity contribution in [1.82, 2.24) is 14.5 Å². The van der Waals surface area contributed by atoms with Gasteiger partial charge in [-0.2, -0.15) is 0 Å². The number of rotatable bonds is 3. The lowest BCUT2D eigenvalue weighted by Gasteiger charge is -2.30. The Labute approximate surface area is 163 Å². The SMILES string of the molecule is Cn1c(N)c(NC(=O)C2CCCC(NC(=O)OC(C)(C)C)C2)c(=O)n(C)c1=O. The summed E-state index contributed by atoms with van der Waals surface area (Å²) in [6.07, 6.45) is 2.03. The van der Waals surface area contributed by atoms with E-state index in [9.17, 15) is 19.2 Å². The number of alkyl carbamates (subject to hydrolysis) is 1. The van der Waals surface area contributed by atoms with Crippen molar-refractivity contribution in [3.63, 3.8) is 0 Å². The first-order valence-electron chi connectivity index (χ1n) is 9.26. The van der Waals surface area contributed by atoms with Gasteiger partial charge in [0, 0.05) is 26.1 Å². The Morgan fingerprint density at radius 1 is 1.14 bits per heavy atom. The second-order valence-electron chi connectivity index (χ2n) is 8.16. The fourth-order valence-electron chi connectivity index (χ4n) is 3.24. The number of nitrogens with zero attached hydrogens (tertiary/aromatic N) is 2. The van der Waals surface area contributed by atoms with Gasteiger partial charge in [0.2, 0.25) is 5.91 Å². The molecule has 156 valence electrons. The van der Waals surface area contributed by atoms with Crippen molar-refractivity contribution < 1.29 is 14.3 Å². The van der Waals surface area contributed by atoms with Crippen LogP contribution in [0, 0.1) is 5.92 Å². The molecule has 1 aliphatic rings. The Kier molecular flexibility index (Phi) is 6.20. The van der Waals surface area contributed by atoms with Gasteiger partial charge in [0.25, 0.3) is 5.56 Å². The van der Waals surface area contributed by atoms with Gasteiger partial charge in [0.1, 0.15) is 17.1 Å². The van der Waals surface area contributed by atoms with Gasteiger partial charge in [-0.1, -0.05) is 6.42 Å². The summed E-state index contributed by atoms with van der Waals surface area (Å²) in [4.78, 5) is 48.8. The van der Waals surface area contributed by atoms with Crippen LogP contribution in [0.2, 0.25) is 0 Å². The Bertz CT molecular complexity index is 880. The number of hydrogen-bond donors (Lipinski definition) is 3. The summed E-state index contributed by atoms with van der Waals surface area (Å²) < 4.78 is 7.25. The average Bonchev–Trinajstić information content (AvgIpc) is 2.60. The second-order valence-corrected chi connectivity index (χ2v) is 8.16. The van der Waals surface area contributed by atoms with Crippen LogP contribution in [0.3, 0.4) is 0 Å². The highest BCUT2D eigenvalue weighted by atomic mass is 16.6. The highest BCUT2D eigenvalue weighted by Gasteiger charge is 2.30. The number of hydrogen-bond acceptors (Lipinski definition) is 6. The van der Waals surface area contributed by atoms with E-state index in [1.54, 1.807) is 20.8 Å². The molecule has 0 saturated heterocycles. The zero-order valence-electron chi connectivity index (χ0n) is 17.0. The highest BCUT2D eigenvalue weighted by Crippen LogP contribution is 2.26. The van der Waals surface area contributed by atoms with Gasteiger partial charge in [0.15, 0.2) is 0 Å². The molecule has 2 amide bonds. The quantitative estimate of drug-likeness (QED) is 0.688. The number of nitrogen functional groups attached to an aromatic ring is 1. The molecule has 1 heterocycles. The van der Waals surface area contributed by atoms with Crippen molar-refractivity contribution in [3.8, 4) is 0 Å². The number of carbonyl (C=O) groups is 2. The number of aromatic nitrogens is 2. The predicted molar refractivity (Wildman–Crippen MR) is 105 cm³/mol. The maximum absolute atomic E-state index is 12.7. The van der Waals surface area contributed by atoms with E-state index in [2.05, 4.69) is 10.6 Å². The maximum Gasteiger partial charge on any atom is 0.407 e. The van der Waals surface area contributed by atoms with Crippen molar-refractivity contribution in [3.05, 3.63) is 20.8 Å². The van der Waals surface area contributed by atoms with Gasteiger partial charge in [-0.3, -0.25) is 18.7 Å². The average molecular weight is 395 g/mol. The standard InChI is InChI=1S/C18H29N5O5/c1-18(2,3)28-16(26)20-11-8-6-7-10(9-11)14(24)21-12-13(19)22(4)17(27)23(5)15(12)25/h10-11H,6-9,19H2,1-5H3,(H,20,26)(H,21,24). The van der Waals surface area contributed by atoms with Gasteiger partial charge < -0.3 is 21.1 Å². The summed E-state index contributed by atoms with van der Waals surface area (Å²) >= 11 is 0. The van der Waals surface area contributed by atoms with Crippen LogP contribution in [0.4, 0.5) is 16.3 Å². The lowest BCUT2D eigenvalue weighted by Crippen LogP contribution is -2.44. The Hall–Kier alpha value is -2.78. The van der Waals surface area contributed by atoms with Crippen molar-refractivity contribution in [2.75, 3.05) is 11.1 Å². The number of amides is 2. The molecule has 0 aliphatic heterocycles. The van der Waals surface area contributed by atoms with E-state index in [0.717, 1.165) is 22.0 Å². The molecule has 10 nitrogen and oxygen atoms in total. The van der Waals surface area contributed by atoms with Crippen molar-refractivity contribution in [2.24, 2.45) is 20.0 Å². The summed E-state index contributed by atoms with van der Waals surface area (Å²) in [7, 11) is 2.75.